The molecule has 0 atom stereocenters. The number of urea groups is 1. The van der Waals surface area contributed by atoms with E-state index in [0.717, 1.165) is 37.5 Å². The minimum atomic E-state index is -0.0993. The van der Waals surface area contributed by atoms with Crippen LogP contribution in [-0.2, 0) is 24.2 Å². The lowest BCUT2D eigenvalue weighted by atomic mass is 9.97. The van der Waals surface area contributed by atoms with Gasteiger partial charge >= 0.3 is 6.03 Å². The molecule has 1 fully saturated rings. The van der Waals surface area contributed by atoms with Crippen molar-refractivity contribution in [3.05, 3.63) is 11.6 Å². The maximum absolute atomic E-state index is 12.1. The first-order chi connectivity index (χ1) is 11.3. The predicted molar refractivity (Wildman–Crippen MR) is 86.0 cm³/mol. The van der Waals surface area contributed by atoms with Crippen LogP contribution in [0.1, 0.15) is 56.6 Å². The van der Waals surface area contributed by atoms with Crippen LogP contribution in [0.2, 0.25) is 0 Å². The van der Waals surface area contributed by atoms with Crippen molar-refractivity contribution in [2.75, 3.05) is 13.2 Å². The van der Waals surface area contributed by atoms with Crippen molar-refractivity contribution < 1.29 is 9.53 Å². The summed E-state index contributed by atoms with van der Waals surface area (Å²) >= 11 is 0. The van der Waals surface area contributed by atoms with Crippen LogP contribution >= 0.6 is 0 Å². The fraction of sp³-hybridized carbons (Fsp3) is 0.812. The molecule has 23 heavy (non-hydrogen) atoms. The van der Waals surface area contributed by atoms with E-state index >= 15 is 0 Å². The van der Waals surface area contributed by atoms with Gasteiger partial charge in [-0.25, -0.2) is 4.79 Å². The Kier molecular flexibility index (Phi) is 5.85. The highest BCUT2D eigenvalue weighted by atomic mass is 16.5. The SMILES string of the molecule is O=C(NCc1nnc2n1CCOCC2)NC1CCCCCCC1. The van der Waals surface area contributed by atoms with Crippen LogP contribution in [0.5, 0.6) is 0 Å². The zero-order valence-electron chi connectivity index (χ0n) is 13.7. The largest absolute Gasteiger partial charge is 0.379 e. The highest BCUT2D eigenvalue weighted by Crippen LogP contribution is 2.17. The molecule has 7 nitrogen and oxygen atoms in total. The summed E-state index contributed by atoms with van der Waals surface area (Å²) < 4.78 is 7.51. The maximum atomic E-state index is 12.1. The van der Waals surface area contributed by atoms with Gasteiger partial charge < -0.3 is 19.9 Å². The van der Waals surface area contributed by atoms with Gasteiger partial charge in [0.15, 0.2) is 5.82 Å². The van der Waals surface area contributed by atoms with E-state index in [1.165, 1.54) is 32.1 Å². The summed E-state index contributed by atoms with van der Waals surface area (Å²) in [6, 6.07) is 0.206. The van der Waals surface area contributed by atoms with Crippen LogP contribution in [0.3, 0.4) is 0 Å². The number of hydrogen-bond donors (Lipinski definition) is 2. The quantitative estimate of drug-likeness (QED) is 0.889. The van der Waals surface area contributed by atoms with Gasteiger partial charge in [0.1, 0.15) is 5.82 Å². The van der Waals surface area contributed by atoms with E-state index < -0.39 is 0 Å². The fourth-order valence-electron chi connectivity index (χ4n) is 3.36. The van der Waals surface area contributed by atoms with Crippen LogP contribution in [0, 0.1) is 0 Å². The van der Waals surface area contributed by atoms with Gasteiger partial charge in [-0.3, -0.25) is 0 Å². The zero-order chi connectivity index (χ0) is 15.9. The lowest BCUT2D eigenvalue weighted by Gasteiger charge is -2.21. The molecule has 1 saturated carbocycles. The molecule has 1 aromatic rings. The third-order valence-corrected chi connectivity index (χ3v) is 4.68. The van der Waals surface area contributed by atoms with Gasteiger partial charge in [-0.2, -0.15) is 0 Å². The van der Waals surface area contributed by atoms with Gasteiger partial charge in [-0.05, 0) is 12.8 Å². The van der Waals surface area contributed by atoms with E-state index in [1.54, 1.807) is 0 Å². The number of carbonyl (C=O) groups is 1. The van der Waals surface area contributed by atoms with E-state index in [4.69, 9.17) is 4.74 Å². The molecule has 0 saturated heterocycles. The molecule has 0 spiro atoms. The predicted octanol–water partition coefficient (Wildman–Crippen LogP) is 1.76. The van der Waals surface area contributed by atoms with Gasteiger partial charge in [0, 0.05) is 19.0 Å². The normalized spacial score (nSPS) is 20.0. The highest BCUT2D eigenvalue weighted by Gasteiger charge is 2.17. The molecule has 1 aromatic heterocycles. The number of hydrogen-bond acceptors (Lipinski definition) is 4. The Morgan fingerprint density at radius 2 is 1.91 bits per heavy atom. The second-order valence-corrected chi connectivity index (χ2v) is 6.42. The van der Waals surface area contributed by atoms with Crippen molar-refractivity contribution in [1.29, 1.82) is 0 Å². The van der Waals surface area contributed by atoms with Crippen molar-refractivity contribution in [3.63, 3.8) is 0 Å². The third kappa shape index (κ3) is 4.67. The summed E-state index contributed by atoms with van der Waals surface area (Å²) in [4.78, 5) is 12.1. The summed E-state index contributed by atoms with van der Waals surface area (Å²) in [5.41, 5.74) is 0. The molecule has 128 valence electrons. The second-order valence-electron chi connectivity index (χ2n) is 6.42. The Balaban J connectivity index is 1.48. The van der Waals surface area contributed by atoms with E-state index in [2.05, 4.69) is 25.4 Å². The summed E-state index contributed by atoms with van der Waals surface area (Å²) in [5.74, 6) is 1.75. The highest BCUT2D eigenvalue weighted by molar-refractivity contribution is 5.74. The fourth-order valence-corrected chi connectivity index (χ4v) is 3.36. The molecular formula is C16H27N5O2. The van der Waals surface area contributed by atoms with E-state index in [0.29, 0.717) is 25.8 Å². The molecule has 7 heteroatoms. The summed E-state index contributed by atoms with van der Waals surface area (Å²) in [5, 5.41) is 14.4. The molecule has 1 aliphatic heterocycles. The van der Waals surface area contributed by atoms with Gasteiger partial charge in [0.25, 0.3) is 0 Å². The molecular weight excluding hydrogens is 294 g/mol. The Hall–Kier alpha value is -1.63. The van der Waals surface area contributed by atoms with Crippen molar-refractivity contribution in [3.8, 4) is 0 Å². The number of nitrogens with zero attached hydrogens (tertiary/aromatic N) is 3. The van der Waals surface area contributed by atoms with Gasteiger partial charge in [0.2, 0.25) is 0 Å². The number of rotatable bonds is 3. The number of carbonyl (C=O) groups excluding carboxylic acids is 1. The van der Waals surface area contributed by atoms with Crippen molar-refractivity contribution in [2.24, 2.45) is 0 Å². The van der Waals surface area contributed by atoms with E-state index in [1.807, 2.05) is 0 Å². The van der Waals surface area contributed by atoms with Crippen LogP contribution in [0.4, 0.5) is 4.79 Å². The van der Waals surface area contributed by atoms with Gasteiger partial charge in [-0.15, -0.1) is 10.2 Å². The first-order valence-corrected chi connectivity index (χ1v) is 8.86. The molecule has 0 radical (unpaired) electrons. The molecule has 0 aromatic carbocycles. The van der Waals surface area contributed by atoms with E-state index in [-0.39, 0.29) is 6.03 Å². The molecule has 0 unspecified atom stereocenters. The van der Waals surface area contributed by atoms with Crippen LogP contribution in [0.25, 0.3) is 0 Å². The second kappa shape index (κ2) is 8.29. The number of aromatic nitrogens is 3. The Morgan fingerprint density at radius 1 is 1.13 bits per heavy atom. The molecule has 2 amide bonds. The van der Waals surface area contributed by atoms with E-state index in [9.17, 15) is 4.79 Å². The Labute approximate surface area is 137 Å². The smallest absolute Gasteiger partial charge is 0.315 e. The van der Waals surface area contributed by atoms with Crippen LogP contribution in [-0.4, -0.2) is 40.1 Å². The standard InChI is InChI=1S/C16H27N5O2/c22-16(18-13-6-4-2-1-3-5-7-13)17-12-15-20-19-14-8-10-23-11-9-21(14)15/h13H,1-12H2,(H2,17,18,22). The first-order valence-electron chi connectivity index (χ1n) is 8.86. The van der Waals surface area contributed by atoms with Crippen LogP contribution < -0.4 is 10.6 Å². The number of amides is 2. The molecule has 2 aliphatic rings. The lowest BCUT2D eigenvalue weighted by molar-refractivity contribution is 0.139. The van der Waals surface area contributed by atoms with Crippen molar-refractivity contribution in [1.82, 2.24) is 25.4 Å². The third-order valence-electron chi connectivity index (χ3n) is 4.68. The Morgan fingerprint density at radius 3 is 2.74 bits per heavy atom. The number of ether oxygens (including phenoxy) is 1. The van der Waals surface area contributed by atoms with Crippen molar-refractivity contribution >= 4 is 6.03 Å². The molecule has 2 N–H and O–H groups in total. The Bertz CT molecular complexity index is 509. The maximum Gasteiger partial charge on any atom is 0.315 e. The number of nitrogens with one attached hydrogen (secondary N) is 2. The topological polar surface area (TPSA) is 81.1 Å². The average molecular weight is 321 g/mol. The zero-order valence-corrected chi connectivity index (χ0v) is 13.7. The molecule has 1 aliphatic carbocycles. The minimum absolute atomic E-state index is 0.0993. The average Bonchev–Trinajstić information content (AvgIpc) is 2.75. The van der Waals surface area contributed by atoms with Crippen molar-refractivity contribution in [2.45, 2.75) is 70.5 Å². The summed E-state index contributed by atoms with van der Waals surface area (Å²) in [6.45, 7) is 2.52. The summed E-state index contributed by atoms with van der Waals surface area (Å²) in [6.07, 6.45) is 9.28. The first kappa shape index (κ1) is 16.2. The molecule has 3 rings (SSSR count). The minimum Gasteiger partial charge on any atom is -0.379 e. The van der Waals surface area contributed by atoms with Gasteiger partial charge in [0.05, 0.1) is 19.8 Å². The van der Waals surface area contributed by atoms with Gasteiger partial charge in [-0.1, -0.05) is 32.1 Å². The monoisotopic (exact) mass is 321 g/mol. The van der Waals surface area contributed by atoms with Crippen LogP contribution in [0.15, 0.2) is 0 Å². The summed E-state index contributed by atoms with van der Waals surface area (Å²) in [7, 11) is 0. The molecule has 0 bridgehead atoms. The number of fused-ring (bicyclic) bond motifs is 1. The lowest BCUT2D eigenvalue weighted by Crippen LogP contribution is -2.42. The molecule has 2 heterocycles.